The highest BCUT2D eigenvalue weighted by Gasteiger charge is 2.31. The first-order valence-corrected chi connectivity index (χ1v) is 15.3. The van der Waals surface area contributed by atoms with Gasteiger partial charge in [0.25, 0.3) is 0 Å². The van der Waals surface area contributed by atoms with Crippen LogP contribution in [-0.4, -0.2) is 31.3 Å². The second-order valence-electron chi connectivity index (χ2n) is 13.0. The van der Waals surface area contributed by atoms with Crippen molar-refractivity contribution < 1.29 is 18.5 Å². The first-order chi connectivity index (χ1) is 19.1. The average Bonchev–Trinajstić information content (AvgIpc) is 2.87. The highest BCUT2D eigenvalue weighted by molar-refractivity contribution is 7.86. The van der Waals surface area contributed by atoms with E-state index in [1.54, 1.807) is 12.4 Å². The summed E-state index contributed by atoms with van der Waals surface area (Å²) >= 11 is 0. The van der Waals surface area contributed by atoms with Crippen molar-refractivity contribution in [2.45, 2.75) is 104 Å². The number of nitrogens with one attached hydrogen (secondary N) is 1. The van der Waals surface area contributed by atoms with E-state index in [0.717, 1.165) is 37.0 Å². The van der Waals surface area contributed by atoms with Gasteiger partial charge in [0.05, 0.1) is 4.90 Å². The van der Waals surface area contributed by atoms with Crippen LogP contribution in [0.4, 0.5) is 5.95 Å². The van der Waals surface area contributed by atoms with Crippen molar-refractivity contribution in [3.8, 4) is 5.75 Å². The maximum Gasteiger partial charge on any atom is 0.306 e. The Hall–Kier alpha value is -3.26. The Morgan fingerprint density at radius 3 is 1.93 bits per heavy atom. The molecule has 222 valence electrons. The molecule has 0 radical (unpaired) electrons. The molecule has 0 aliphatic rings. The van der Waals surface area contributed by atoms with Crippen LogP contribution in [0, 0.1) is 12.3 Å². The minimum Gasteiger partial charge on any atom is -0.488 e. The fraction of sp³-hybridized carbons (Fsp3) is 0.485. The molecule has 1 heterocycles. The van der Waals surface area contributed by atoms with Gasteiger partial charge in [-0.3, -0.25) is 9.52 Å². The van der Waals surface area contributed by atoms with E-state index < -0.39 is 16.6 Å². The highest BCUT2D eigenvalue weighted by atomic mass is 32.2. The van der Waals surface area contributed by atoms with Gasteiger partial charge in [0.2, 0.25) is 5.95 Å². The van der Waals surface area contributed by atoms with Crippen LogP contribution in [0.1, 0.15) is 84.4 Å². The number of carbonyl (C=O) groups is 1. The summed E-state index contributed by atoms with van der Waals surface area (Å²) in [7, 11) is -1.42. The Morgan fingerprint density at radius 2 is 1.39 bits per heavy atom. The lowest BCUT2D eigenvalue weighted by molar-refractivity contribution is -0.155. The maximum absolute atomic E-state index is 12.6. The van der Waals surface area contributed by atoms with E-state index in [1.807, 2.05) is 64.1 Å². The number of ether oxygens (including phenoxy) is 2. The lowest BCUT2D eigenvalue weighted by atomic mass is 9.78. The summed E-state index contributed by atoms with van der Waals surface area (Å²) in [6.07, 6.45) is 7.08. The van der Waals surface area contributed by atoms with Crippen molar-refractivity contribution in [2.75, 3.05) is 4.72 Å². The van der Waals surface area contributed by atoms with Crippen LogP contribution in [0.2, 0.25) is 0 Å². The molecule has 0 amide bonds. The molecule has 1 atom stereocenters. The van der Waals surface area contributed by atoms with E-state index >= 15 is 0 Å². The van der Waals surface area contributed by atoms with Crippen LogP contribution < -0.4 is 9.46 Å². The van der Waals surface area contributed by atoms with Gasteiger partial charge in [0.15, 0.2) is 11.0 Å². The number of hydrogen-bond donors (Lipinski definition) is 1. The molecule has 8 heteroatoms. The van der Waals surface area contributed by atoms with Crippen molar-refractivity contribution >= 4 is 22.9 Å². The smallest absolute Gasteiger partial charge is 0.306 e. The Morgan fingerprint density at radius 1 is 0.854 bits per heavy atom. The molecule has 0 bridgehead atoms. The third kappa shape index (κ3) is 11.6. The molecule has 2 aromatic carbocycles. The van der Waals surface area contributed by atoms with Crippen molar-refractivity contribution in [1.29, 1.82) is 0 Å². The SMILES string of the molecule is Cc1cnc(NS(=O)c2ccc(CCc3ccc(OC(C)(C)CC(C)(C)CCC(=O)OC(C)(C)C)cc3)cc2)nc1. The Bertz CT molecular complexity index is 1300. The fourth-order valence-electron chi connectivity index (χ4n) is 4.81. The van der Waals surface area contributed by atoms with E-state index in [0.29, 0.717) is 17.3 Å². The van der Waals surface area contributed by atoms with Gasteiger partial charge in [-0.15, -0.1) is 0 Å². The van der Waals surface area contributed by atoms with Crippen LogP contribution in [0.5, 0.6) is 5.75 Å². The Balaban J connectivity index is 1.47. The average molecular weight is 580 g/mol. The van der Waals surface area contributed by atoms with Crippen LogP contribution in [0.3, 0.4) is 0 Å². The van der Waals surface area contributed by atoms with Gasteiger partial charge in [-0.05, 0) is 114 Å². The number of aryl methyl sites for hydroxylation is 3. The molecule has 0 saturated carbocycles. The lowest BCUT2D eigenvalue weighted by Gasteiger charge is -2.35. The van der Waals surface area contributed by atoms with Gasteiger partial charge < -0.3 is 9.47 Å². The largest absolute Gasteiger partial charge is 0.488 e. The first-order valence-electron chi connectivity index (χ1n) is 14.2. The van der Waals surface area contributed by atoms with Gasteiger partial charge >= 0.3 is 5.97 Å². The van der Waals surface area contributed by atoms with Gasteiger partial charge in [-0.2, -0.15) is 0 Å². The molecule has 3 rings (SSSR count). The predicted molar refractivity (Wildman–Crippen MR) is 165 cm³/mol. The van der Waals surface area contributed by atoms with E-state index in [1.165, 1.54) is 11.1 Å². The number of anilines is 1. The monoisotopic (exact) mass is 579 g/mol. The second kappa shape index (κ2) is 13.6. The van der Waals surface area contributed by atoms with Gasteiger partial charge in [0, 0.05) is 18.8 Å². The number of rotatable bonds is 13. The maximum atomic E-state index is 12.6. The van der Waals surface area contributed by atoms with E-state index in [4.69, 9.17) is 9.47 Å². The molecule has 0 aliphatic heterocycles. The van der Waals surface area contributed by atoms with Crippen LogP contribution in [0.15, 0.2) is 65.8 Å². The Labute approximate surface area is 248 Å². The summed E-state index contributed by atoms with van der Waals surface area (Å²) in [6.45, 7) is 16.1. The molecule has 0 spiro atoms. The fourth-order valence-corrected chi connectivity index (χ4v) is 5.58. The number of esters is 1. The molecule has 0 fully saturated rings. The Kier molecular flexibility index (Phi) is 10.7. The van der Waals surface area contributed by atoms with Crippen molar-refractivity contribution in [3.05, 3.63) is 77.6 Å². The second-order valence-corrected chi connectivity index (χ2v) is 14.2. The van der Waals surface area contributed by atoms with Gasteiger partial charge in [-0.25, -0.2) is 14.2 Å². The van der Waals surface area contributed by atoms with Crippen LogP contribution in [-0.2, 0) is 33.4 Å². The zero-order valence-corrected chi connectivity index (χ0v) is 26.6. The zero-order valence-electron chi connectivity index (χ0n) is 25.7. The molecule has 0 aliphatic carbocycles. The molecule has 7 nitrogen and oxygen atoms in total. The normalized spacial score (nSPS) is 13.0. The molecule has 41 heavy (non-hydrogen) atoms. The molecular formula is C33H45N3O4S. The minimum atomic E-state index is -1.42. The molecule has 3 aromatic rings. The molecule has 1 unspecified atom stereocenters. The van der Waals surface area contributed by atoms with E-state index in [9.17, 15) is 9.00 Å². The number of hydrogen-bond acceptors (Lipinski definition) is 6. The van der Waals surface area contributed by atoms with Crippen LogP contribution in [0.25, 0.3) is 0 Å². The molecular weight excluding hydrogens is 534 g/mol. The third-order valence-corrected chi connectivity index (χ3v) is 7.52. The van der Waals surface area contributed by atoms with Crippen molar-refractivity contribution in [2.24, 2.45) is 5.41 Å². The highest BCUT2D eigenvalue weighted by Crippen LogP contribution is 2.35. The number of nitrogens with zero attached hydrogens (tertiary/aromatic N) is 2. The van der Waals surface area contributed by atoms with E-state index in [-0.39, 0.29) is 17.0 Å². The number of carbonyl (C=O) groups excluding carboxylic acids is 1. The standard InChI is InChI=1S/C33H45N3O4S/c1-24-21-34-30(35-22-24)36-41(38)28-17-13-26(14-18-28)10-9-25-11-15-27(16-12-25)39-33(7,8)23-32(5,6)20-19-29(37)40-31(2,3)4/h11-18,21-22H,9-10,19-20,23H2,1-8H3,(H,34,35,36). The van der Waals surface area contributed by atoms with E-state index in [2.05, 4.69) is 54.5 Å². The van der Waals surface area contributed by atoms with Gasteiger partial charge in [-0.1, -0.05) is 38.1 Å². The summed E-state index contributed by atoms with van der Waals surface area (Å²) in [5.41, 5.74) is 2.42. The van der Waals surface area contributed by atoms with Crippen molar-refractivity contribution in [3.63, 3.8) is 0 Å². The minimum absolute atomic E-state index is 0.0764. The number of aromatic nitrogens is 2. The predicted octanol–water partition coefficient (Wildman–Crippen LogP) is 7.40. The number of benzene rings is 2. The summed E-state index contributed by atoms with van der Waals surface area (Å²) in [5.74, 6) is 1.02. The molecule has 1 N–H and O–H groups in total. The lowest BCUT2D eigenvalue weighted by Crippen LogP contribution is -2.35. The molecule has 0 saturated heterocycles. The first kappa shape index (κ1) is 32.3. The van der Waals surface area contributed by atoms with Crippen LogP contribution >= 0.6 is 0 Å². The summed E-state index contributed by atoms with van der Waals surface area (Å²) in [5, 5.41) is 0. The summed E-state index contributed by atoms with van der Waals surface area (Å²) in [6, 6.07) is 16.0. The summed E-state index contributed by atoms with van der Waals surface area (Å²) < 4.78 is 27.3. The van der Waals surface area contributed by atoms with Crippen molar-refractivity contribution in [1.82, 2.24) is 9.97 Å². The quantitative estimate of drug-likeness (QED) is 0.212. The summed E-state index contributed by atoms with van der Waals surface area (Å²) in [4.78, 5) is 21.2. The van der Waals surface area contributed by atoms with Gasteiger partial charge in [0.1, 0.15) is 17.0 Å². The molecule has 1 aromatic heterocycles. The third-order valence-electron chi connectivity index (χ3n) is 6.45. The zero-order chi connectivity index (χ0) is 30.3. The topological polar surface area (TPSA) is 90.4 Å².